The number of nitrogens with zero attached hydrogens (tertiary/aromatic N) is 2. The Labute approximate surface area is 120 Å². The average Bonchev–Trinajstić information content (AvgIpc) is 2.95. The van der Waals surface area contributed by atoms with Gasteiger partial charge in [0.1, 0.15) is 6.17 Å². The van der Waals surface area contributed by atoms with E-state index < -0.39 is 0 Å². The van der Waals surface area contributed by atoms with Crippen molar-refractivity contribution in [2.75, 3.05) is 20.1 Å². The number of likely N-dealkylation sites (N-methyl/N-ethyl adjacent to an activating group) is 1. The third-order valence-electron chi connectivity index (χ3n) is 4.43. The smallest absolute Gasteiger partial charge is 0.241 e. The molecule has 2 heterocycles. The van der Waals surface area contributed by atoms with Crippen LogP contribution >= 0.6 is 0 Å². The number of aryl methyl sites for hydroxylation is 1. The van der Waals surface area contributed by atoms with Gasteiger partial charge in [-0.3, -0.25) is 10.1 Å². The molecule has 2 aliphatic heterocycles. The van der Waals surface area contributed by atoms with Crippen molar-refractivity contribution in [3.8, 4) is 0 Å². The molecule has 2 fully saturated rings. The van der Waals surface area contributed by atoms with Crippen LogP contribution in [0.15, 0.2) is 24.3 Å². The van der Waals surface area contributed by atoms with Crippen LogP contribution in [-0.4, -0.2) is 47.9 Å². The summed E-state index contributed by atoms with van der Waals surface area (Å²) in [6, 6.07) is 8.69. The minimum absolute atomic E-state index is 0.0221. The van der Waals surface area contributed by atoms with Crippen LogP contribution in [0.2, 0.25) is 0 Å². The zero-order valence-electron chi connectivity index (χ0n) is 12.5. The predicted molar refractivity (Wildman–Crippen MR) is 79.3 cm³/mol. The molecule has 4 heteroatoms. The molecule has 1 N–H and O–H groups in total. The standard InChI is InChI=1S/C16H23N3O/c1-11-5-4-6-13(9-11)15-17-12(2)16(20)19(15)14-7-8-18(3)10-14/h4-6,9,12,14-15,17H,7-8,10H2,1-3H3. The Morgan fingerprint density at radius 1 is 1.35 bits per heavy atom. The summed E-state index contributed by atoms with van der Waals surface area (Å²) >= 11 is 0. The first kappa shape index (κ1) is 13.6. The van der Waals surface area contributed by atoms with Crippen molar-refractivity contribution >= 4 is 5.91 Å². The zero-order chi connectivity index (χ0) is 14.3. The zero-order valence-corrected chi connectivity index (χ0v) is 12.5. The van der Waals surface area contributed by atoms with Crippen LogP contribution in [0.3, 0.4) is 0 Å². The molecule has 0 radical (unpaired) electrons. The van der Waals surface area contributed by atoms with Crippen LogP contribution in [0.4, 0.5) is 0 Å². The van der Waals surface area contributed by atoms with Gasteiger partial charge in [-0.2, -0.15) is 0 Å². The Bertz CT molecular complexity index is 516. The molecule has 3 rings (SSSR count). The predicted octanol–water partition coefficient (Wildman–Crippen LogP) is 1.52. The van der Waals surface area contributed by atoms with Crippen molar-refractivity contribution in [3.63, 3.8) is 0 Å². The molecule has 3 unspecified atom stereocenters. The van der Waals surface area contributed by atoms with E-state index in [1.807, 2.05) is 6.92 Å². The second kappa shape index (κ2) is 5.19. The minimum Gasteiger partial charge on any atom is -0.317 e. The minimum atomic E-state index is -0.0913. The summed E-state index contributed by atoms with van der Waals surface area (Å²) in [5, 5.41) is 3.45. The van der Waals surface area contributed by atoms with Gasteiger partial charge in [0.15, 0.2) is 0 Å². The molecule has 20 heavy (non-hydrogen) atoms. The van der Waals surface area contributed by atoms with Crippen LogP contribution in [-0.2, 0) is 4.79 Å². The monoisotopic (exact) mass is 273 g/mol. The Morgan fingerprint density at radius 2 is 2.15 bits per heavy atom. The summed E-state index contributed by atoms with van der Waals surface area (Å²) in [5.74, 6) is 0.233. The number of rotatable bonds is 2. The molecule has 2 saturated heterocycles. The third-order valence-corrected chi connectivity index (χ3v) is 4.43. The molecular formula is C16H23N3O. The second-order valence-electron chi connectivity index (χ2n) is 6.16. The molecule has 3 atom stereocenters. The van der Waals surface area contributed by atoms with Gasteiger partial charge in [-0.25, -0.2) is 0 Å². The van der Waals surface area contributed by atoms with Gasteiger partial charge in [0.05, 0.1) is 6.04 Å². The lowest BCUT2D eigenvalue weighted by Gasteiger charge is -2.30. The molecule has 0 spiro atoms. The first-order chi connectivity index (χ1) is 9.56. The number of likely N-dealkylation sites (tertiary alicyclic amines) is 1. The topological polar surface area (TPSA) is 35.6 Å². The molecule has 1 amide bonds. The summed E-state index contributed by atoms with van der Waals surface area (Å²) in [6.45, 7) is 6.10. The normalized spacial score (nSPS) is 31.2. The highest BCUT2D eigenvalue weighted by atomic mass is 16.2. The quantitative estimate of drug-likeness (QED) is 0.887. The van der Waals surface area contributed by atoms with Crippen molar-refractivity contribution in [3.05, 3.63) is 35.4 Å². The Balaban J connectivity index is 1.90. The maximum Gasteiger partial charge on any atom is 0.241 e. The number of hydrogen-bond donors (Lipinski definition) is 1. The SMILES string of the molecule is Cc1cccc(C2NC(C)C(=O)N2C2CCN(C)C2)c1. The maximum absolute atomic E-state index is 12.5. The molecule has 1 aromatic rings. The van der Waals surface area contributed by atoms with Crippen molar-refractivity contribution in [2.24, 2.45) is 0 Å². The van der Waals surface area contributed by atoms with E-state index in [0.29, 0.717) is 6.04 Å². The molecule has 2 aliphatic rings. The number of nitrogens with one attached hydrogen (secondary N) is 1. The Hall–Kier alpha value is -1.39. The van der Waals surface area contributed by atoms with Gasteiger partial charge >= 0.3 is 0 Å². The lowest BCUT2D eigenvalue weighted by atomic mass is 10.1. The maximum atomic E-state index is 12.5. The van der Waals surface area contributed by atoms with Gasteiger partial charge in [-0.1, -0.05) is 29.8 Å². The molecule has 0 bridgehead atoms. The lowest BCUT2D eigenvalue weighted by Crippen LogP contribution is -2.41. The van der Waals surface area contributed by atoms with Crippen LogP contribution in [0.25, 0.3) is 0 Å². The van der Waals surface area contributed by atoms with Crippen molar-refractivity contribution in [1.29, 1.82) is 0 Å². The fraction of sp³-hybridized carbons (Fsp3) is 0.562. The fourth-order valence-corrected chi connectivity index (χ4v) is 3.37. The van der Waals surface area contributed by atoms with Crippen LogP contribution in [0, 0.1) is 6.92 Å². The molecule has 108 valence electrons. The van der Waals surface area contributed by atoms with Gasteiger partial charge in [0, 0.05) is 12.6 Å². The molecule has 0 saturated carbocycles. The number of benzene rings is 1. The lowest BCUT2D eigenvalue weighted by molar-refractivity contribution is -0.131. The van der Waals surface area contributed by atoms with Gasteiger partial charge in [-0.15, -0.1) is 0 Å². The highest BCUT2D eigenvalue weighted by molar-refractivity contribution is 5.84. The summed E-state index contributed by atoms with van der Waals surface area (Å²) in [4.78, 5) is 16.9. The van der Waals surface area contributed by atoms with E-state index >= 15 is 0 Å². The molecule has 1 aromatic carbocycles. The van der Waals surface area contributed by atoms with Crippen LogP contribution in [0.5, 0.6) is 0 Å². The van der Waals surface area contributed by atoms with Crippen molar-refractivity contribution < 1.29 is 4.79 Å². The molecule has 0 aliphatic carbocycles. The van der Waals surface area contributed by atoms with Crippen LogP contribution in [0.1, 0.15) is 30.6 Å². The summed E-state index contributed by atoms with van der Waals surface area (Å²) in [6.07, 6.45) is 1.09. The van der Waals surface area contributed by atoms with E-state index in [2.05, 4.69) is 53.4 Å². The molecule has 4 nitrogen and oxygen atoms in total. The van der Waals surface area contributed by atoms with Gasteiger partial charge in [0.2, 0.25) is 5.91 Å². The van der Waals surface area contributed by atoms with Crippen molar-refractivity contribution in [2.45, 2.75) is 38.5 Å². The van der Waals surface area contributed by atoms with Gasteiger partial charge < -0.3 is 9.80 Å². The van der Waals surface area contributed by atoms with Gasteiger partial charge in [0.25, 0.3) is 0 Å². The highest BCUT2D eigenvalue weighted by Gasteiger charge is 2.42. The third kappa shape index (κ3) is 2.34. The number of carbonyl (C=O) groups is 1. The van der Waals surface area contributed by atoms with Crippen molar-refractivity contribution in [1.82, 2.24) is 15.1 Å². The Kier molecular flexibility index (Phi) is 3.52. The van der Waals surface area contributed by atoms with E-state index in [0.717, 1.165) is 19.5 Å². The summed E-state index contributed by atoms with van der Waals surface area (Å²) < 4.78 is 0. The summed E-state index contributed by atoms with van der Waals surface area (Å²) in [7, 11) is 2.12. The average molecular weight is 273 g/mol. The van der Waals surface area contributed by atoms with E-state index in [-0.39, 0.29) is 18.1 Å². The number of amides is 1. The molecule has 0 aromatic heterocycles. The highest BCUT2D eigenvalue weighted by Crippen LogP contribution is 2.30. The number of hydrogen-bond acceptors (Lipinski definition) is 3. The second-order valence-corrected chi connectivity index (χ2v) is 6.16. The number of carbonyl (C=O) groups excluding carboxylic acids is 1. The van der Waals surface area contributed by atoms with Crippen LogP contribution < -0.4 is 5.32 Å². The first-order valence-corrected chi connectivity index (χ1v) is 7.39. The Morgan fingerprint density at radius 3 is 2.80 bits per heavy atom. The van der Waals surface area contributed by atoms with E-state index in [4.69, 9.17) is 0 Å². The van der Waals surface area contributed by atoms with E-state index in [9.17, 15) is 4.79 Å². The largest absolute Gasteiger partial charge is 0.317 e. The van der Waals surface area contributed by atoms with Gasteiger partial charge in [-0.05, 0) is 39.4 Å². The molecular weight excluding hydrogens is 250 g/mol. The fourth-order valence-electron chi connectivity index (χ4n) is 3.37. The first-order valence-electron chi connectivity index (χ1n) is 7.39. The van der Waals surface area contributed by atoms with E-state index in [1.165, 1.54) is 11.1 Å². The summed E-state index contributed by atoms with van der Waals surface area (Å²) in [5.41, 5.74) is 2.43. The van der Waals surface area contributed by atoms with E-state index in [1.54, 1.807) is 0 Å².